The fraction of sp³-hybridized carbons (Fsp3) is 0.538. The van der Waals surface area contributed by atoms with Gasteiger partial charge in [-0.25, -0.2) is 0 Å². The van der Waals surface area contributed by atoms with Crippen LogP contribution in [0.1, 0.15) is 46.3 Å². The summed E-state index contributed by atoms with van der Waals surface area (Å²) >= 11 is 0. The van der Waals surface area contributed by atoms with Gasteiger partial charge in [0.2, 0.25) is 0 Å². The first-order valence-electron chi connectivity index (χ1n) is 5.44. The average molecular weight is 206 g/mol. The summed E-state index contributed by atoms with van der Waals surface area (Å²) in [5.74, 6) is 5.53. The summed E-state index contributed by atoms with van der Waals surface area (Å²) in [6.07, 6.45) is 0. The van der Waals surface area contributed by atoms with Gasteiger partial charge in [-0.1, -0.05) is 0 Å². The molecule has 0 aliphatic heterocycles. The Morgan fingerprint density at radius 2 is 1.13 bits per heavy atom. The van der Waals surface area contributed by atoms with E-state index >= 15 is 0 Å². The number of nitrogens with one attached hydrogen (secondary N) is 1. The van der Waals surface area contributed by atoms with Crippen molar-refractivity contribution in [2.24, 2.45) is 5.84 Å². The topological polar surface area (TPSA) is 38.0 Å². The maximum absolute atomic E-state index is 5.53. The Morgan fingerprint density at radius 3 is 1.47 bits per heavy atom. The molecular formula is C13H22N2. The van der Waals surface area contributed by atoms with E-state index in [2.05, 4.69) is 47.0 Å². The summed E-state index contributed by atoms with van der Waals surface area (Å²) in [6.45, 7) is 13.0. The lowest BCUT2D eigenvalue weighted by atomic mass is 9.87. The molecule has 1 aromatic rings. The SMILES string of the molecule is Cc1c(C)c(C)c([C@@H](C)NN)c(C)c1C. The van der Waals surface area contributed by atoms with Gasteiger partial charge in [0.15, 0.2) is 0 Å². The molecule has 84 valence electrons. The van der Waals surface area contributed by atoms with E-state index in [9.17, 15) is 0 Å². The Kier molecular flexibility index (Phi) is 3.53. The second-order valence-corrected chi connectivity index (χ2v) is 4.43. The quantitative estimate of drug-likeness (QED) is 0.577. The molecule has 0 amide bonds. The molecule has 0 radical (unpaired) electrons. The molecule has 0 unspecified atom stereocenters. The van der Waals surface area contributed by atoms with Crippen LogP contribution in [0.25, 0.3) is 0 Å². The molecule has 0 aliphatic carbocycles. The maximum Gasteiger partial charge on any atom is 0.0437 e. The van der Waals surface area contributed by atoms with Gasteiger partial charge in [-0.15, -0.1) is 0 Å². The van der Waals surface area contributed by atoms with Gasteiger partial charge in [0.25, 0.3) is 0 Å². The van der Waals surface area contributed by atoms with Gasteiger partial charge in [-0.3, -0.25) is 11.3 Å². The first-order valence-corrected chi connectivity index (χ1v) is 5.44. The van der Waals surface area contributed by atoms with Crippen LogP contribution in [0.5, 0.6) is 0 Å². The molecule has 3 N–H and O–H groups in total. The molecule has 1 atom stereocenters. The number of nitrogens with two attached hydrogens (primary N) is 1. The average Bonchev–Trinajstić information content (AvgIpc) is 2.23. The minimum absolute atomic E-state index is 0.211. The molecule has 0 aliphatic rings. The normalized spacial score (nSPS) is 13.0. The van der Waals surface area contributed by atoms with E-state index in [4.69, 9.17) is 5.84 Å². The second kappa shape index (κ2) is 4.33. The van der Waals surface area contributed by atoms with E-state index in [1.807, 2.05) is 0 Å². The molecule has 0 aromatic heterocycles. The summed E-state index contributed by atoms with van der Waals surface area (Å²) in [5, 5.41) is 0. The van der Waals surface area contributed by atoms with Crippen molar-refractivity contribution >= 4 is 0 Å². The van der Waals surface area contributed by atoms with Crippen LogP contribution >= 0.6 is 0 Å². The van der Waals surface area contributed by atoms with Crippen LogP contribution in [0.2, 0.25) is 0 Å². The molecule has 15 heavy (non-hydrogen) atoms. The number of benzene rings is 1. The lowest BCUT2D eigenvalue weighted by molar-refractivity contribution is 0.595. The van der Waals surface area contributed by atoms with E-state index in [0.717, 1.165) is 0 Å². The van der Waals surface area contributed by atoms with Gasteiger partial charge in [-0.05, 0) is 74.9 Å². The molecule has 0 fully saturated rings. The summed E-state index contributed by atoms with van der Waals surface area (Å²) < 4.78 is 0. The van der Waals surface area contributed by atoms with Crippen molar-refractivity contribution in [1.82, 2.24) is 5.43 Å². The highest BCUT2D eigenvalue weighted by molar-refractivity contribution is 5.50. The van der Waals surface area contributed by atoms with Crippen LogP contribution in [-0.2, 0) is 0 Å². The van der Waals surface area contributed by atoms with E-state index < -0.39 is 0 Å². The van der Waals surface area contributed by atoms with Crippen molar-refractivity contribution in [1.29, 1.82) is 0 Å². The maximum atomic E-state index is 5.53. The smallest absolute Gasteiger partial charge is 0.0437 e. The lowest BCUT2D eigenvalue weighted by Gasteiger charge is -2.22. The second-order valence-electron chi connectivity index (χ2n) is 4.43. The third kappa shape index (κ3) is 1.92. The fourth-order valence-electron chi connectivity index (χ4n) is 2.26. The van der Waals surface area contributed by atoms with Crippen molar-refractivity contribution in [3.05, 3.63) is 33.4 Å². The Hall–Kier alpha value is -0.860. The van der Waals surface area contributed by atoms with Crippen molar-refractivity contribution in [2.75, 3.05) is 0 Å². The van der Waals surface area contributed by atoms with Crippen molar-refractivity contribution < 1.29 is 0 Å². The lowest BCUT2D eigenvalue weighted by Crippen LogP contribution is -2.27. The summed E-state index contributed by atoms with van der Waals surface area (Å²) in [4.78, 5) is 0. The van der Waals surface area contributed by atoms with Crippen LogP contribution in [0.4, 0.5) is 0 Å². The molecule has 1 rings (SSSR count). The highest BCUT2D eigenvalue weighted by Gasteiger charge is 2.15. The van der Waals surface area contributed by atoms with E-state index in [-0.39, 0.29) is 6.04 Å². The van der Waals surface area contributed by atoms with Gasteiger partial charge >= 0.3 is 0 Å². The van der Waals surface area contributed by atoms with Gasteiger partial charge in [0, 0.05) is 6.04 Å². The molecule has 1 aromatic carbocycles. The molecule has 0 saturated carbocycles. The molecule has 0 heterocycles. The zero-order valence-electron chi connectivity index (χ0n) is 10.7. The van der Waals surface area contributed by atoms with Gasteiger partial charge in [0.1, 0.15) is 0 Å². The number of hydrogen-bond acceptors (Lipinski definition) is 2. The fourth-order valence-corrected chi connectivity index (χ4v) is 2.26. The number of hydrazine groups is 1. The Morgan fingerprint density at radius 1 is 0.800 bits per heavy atom. The van der Waals surface area contributed by atoms with Crippen LogP contribution in [-0.4, -0.2) is 0 Å². The first-order chi connectivity index (χ1) is 6.91. The van der Waals surface area contributed by atoms with E-state index in [1.54, 1.807) is 0 Å². The van der Waals surface area contributed by atoms with Crippen LogP contribution in [0, 0.1) is 34.6 Å². The highest BCUT2D eigenvalue weighted by atomic mass is 15.2. The minimum Gasteiger partial charge on any atom is -0.271 e. The Bertz CT molecular complexity index is 352. The molecular weight excluding hydrogens is 184 g/mol. The standard InChI is InChI=1S/C13H22N2/c1-7-8(2)10(4)13(12(6)15-14)11(5)9(7)3/h12,15H,14H2,1-6H3/t12-/m1/s1. The first kappa shape index (κ1) is 12.2. The van der Waals surface area contributed by atoms with Crippen molar-refractivity contribution in [2.45, 2.75) is 47.6 Å². The zero-order chi connectivity index (χ0) is 11.7. The van der Waals surface area contributed by atoms with E-state index in [1.165, 1.54) is 33.4 Å². The number of rotatable bonds is 2. The van der Waals surface area contributed by atoms with Crippen molar-refractivity contribution in [3.8, 4) is 0 Å². The monoisotopic (exact) mass is 206 g/mol. The summed E-state index contributed by atoms with van der Waals surface area (Å²) in [6, 6.07) is 0.211. The van der Waals surface area contributed by atoms with Gasteiger partial charge in [0.05, 0.1) is 0 Å². The molecule has 0 spiro atoms. The van der Waals surface area contributed by atoms with Gasteiger partial charge < -0.3 is 0 Å². The summed E-state index contributed by atoms with van der Waals surface area (Å²) in [5.41, 5.74) is 11.1. The largest absolute Gasteiger partial charge is 0.271 e. The van der Waals surface area contributed by atoms with Crippen LogP contribution < -0.4 is 11.3 Å². The highest BCUT2D eigenvalue weighted by Crippen LogP contribution is 2.29. The van der Waals surface area contributed by atoms with Crippen molar-refractivity contribution in [3.63, 3.8) is 0 Å². The number of hydrogen-bond donors (Lipinski definition) is 2. The van der Waals surface area contributed by atoms with Crippen LogP contribution in [0.3, 0.4) is 0 Å². The predicted molar refractivity (Wildman–Crippen MR) is 65.9 cm³/mol. The molecule has 0 saturated heterocycles. The third-order valence-electron chi connectivity index (χ3n) is 3.74. The Labute approximate surface area is 92.8 Å². The van der Waals surface area contributed by atoms with Gasteiger partial charge in [-0.2, -0.15) is 0 Å². The third-order valence-corrected chi connectivity index (χ3v) is 3.74. The summed E-state index contributed by atoms with van der Waals surface area (Å²) in [7, 11) is 0. The molecule has 2 nitrogen and oxygen atoms in total. The molecule has 0 bridgehead atoms. The predicted octanol–water partition coefficient (Wildman–Crippen LogP) is 2.75. The minimum atomic E-state index is 0.211. The van der Waals surface area contributed by atoms with Crippen LogP contribution in [0.15, 0.2) is 0 Å². The zero-order valence-corrected chi connectivity index (χ0v) is 10.7. The Balaban J connectivity index is 3.52. The van der Waals surface area contributed by atoms with E-state index in [0.29, 0.717) is 0 Å². The molecule has 2 heteroatoms.